The number of benzene rings is 1. The van der Waals surface area contributed by atoms with Crippen molar-refractivity contribution in [3.8, 4) is 0 Å². The van der Waals surface area contributed by atoms with Crippen LogP contribution in [0.15, 0.2) is 24.3 Å². The average Bonchev–Trinajstić information content (AvgIpc) is 3.09. The fourth-order valence-corrected chi connectivity index (χ4v) is 4.14. The van der Waals surface area contributed by atoms with E-state index in [4.69, 9.17) is 4.74 Å². The summed E-state index contributed by atoms with van der Waals surface area (Å²) in [5.74, 6) is 2.42. The van der Waals surface area contributed by atoms with Crippen molar-refractivity contribution in [1.29, 1.82) is 0 Å². The van der Waals surface area contributed by atoms with Crippen LogP contribution in [-0.4, -0.2) is 26.7 Å². The predicted molar refractivity (Wildman–Crippen MR) is 80.0 cm³/mol. The molecule has 2 bridgehead atoms. The molecule has 0 saturated heterocycles. The van der Waals surface area contributed by atoms with Gasteiger partial charge in [-0.25, -0.2) is 4.79 Å². The van der Waals surface area contributed by atoms with E-state index in [2.05, 4.69) is 11.9 Å². The number of esters is 1. The third-order valence-electron chi connectivity index (χ3n) is 5.11. The van der Waals surface area contributed by atoms with E-state index in [1.165, 1.54) is 32.8 Å². The van der Waals surface area contributed by atoms with Crippen molar-refractivity contribution in [3.05, 3.63) is 29.8 Å². The molecule has 2 fully saturated rings. The molecule has 3 unspecified atom stereocenters. The van der Waals surface area contributed by atoms with Gasteiger partial charge in [0.15, 0.2) is 0 Å². The molecule has 1 aromatic rings. The van der Waals surface area contributed by atoms with Gasteiger partial charge >= 0.3 is 5.97 Å². The maximum absolute atomic E-state index is 11.9. The monoisotopic (exact) mass is 273 g/mol. The summed E-state index contributed by atoms with van der Waals surface area (Å²) in [5.41, 5.74) is 1.66. The molecule has 20 heavy (non-hydrogen) atoms. The Kier molecular flexibility index (Phi) is 3.68. The molecule has 3 atom stereocenters. The van der Waals surface area contributed by atoms with Gasteiger partial charge in [0.2, 0.25) is 0 Å². The molecule has 108 valence electrons. The first kappa shape index (κ1) is 13.5. The second-order valence-corrected chi connectivity index (χ2v) is 6.32. The topological polar surface area (TPSA) is 29.5 Å². The maximum Gasteiger partial charge on any atom is 0.339 e. The highest BCUT2D eigenvalue weighted by Crippen LogP contribution is 2.48. The molecule has 0 aromatic heterocycles. The molecule has 0 spiro atoms. The number of fused-ring (bicyclic) bond motifs is 2. The quantitative estimate of drug-likeness (QED) is 0.788. The standard InChI is InChI=1S/C17H23NO2/c1-18(11-14-10-12-7-8-13(14)9-12)16-6-4-3-5-15(16)17(19)20-2/h3-6,12-14H,7-11H2,1-2H3. The molecule has 0 aliphatic heterocycles. The van der Waals surface area contributed by atoms with E-state index in [0.717, 1.165) is 30.0 Å². The highest BCUT2D eigenvalue weighted by molar-refractivity contribution is 5.95. The number of ether oxygens (including phenoxy) is 1. The summed E-state index contributed by atoms with van der Waals surface area (Å²) < 4.78 is 4.88. The van der Waals surface area contributed by atoms with Crippen LogP contribution in [0.1, 0.15) is 36.0 Å². The van der Waals surface area contributed by atoms with Crippen LogP contribution in [0.25, 0.3) is 0 Å². The zero-order valence-electron chi connectivity index (χ0n) is 12.3. The lowest BCUT2D eigenvalue weighted by molar-refractivity contribution is 0.0601. The molecule has 3 heteroatoms. The number of hydrogen-bond acceptors (Lipinski definition) is 3. The van der Waals surface area contributed by atoms with E-state index < -0.39 is 0 Å². The van der Waals surface area contributed by atoms with Crippen molar-refractivity contribution in [1.82, 2.24) is 0 Å². The van der Waals surface area contributed by atoms with E-state index in [1.54, 1.807) is 0 Å². The van der Waals surface area contributed by atoms with Gasteiger partial charge in [-0.1, -0.05) is 18.6 Å². The molecule has 0 radical (unpaired) electrons. The van der Waals surface area contributed by atoms with Gasteiger partial charge in [-0.2, -0.15) is 0 Å². The van der Waals surface area contributed by atoms with Gasteiger partial charge in [-0.05, 0) is 49.1 Å². The van der Waals surface area contributed by atoms with Crippen LogP contribution in [0.3, 0.4) is 0 Å². The summed E-state index contributed by atoms with van der Waals surface area (Å²) in [6.07, 6.45) is 5.64. The minimum atomic E-state index is -0.250. The Labute approximate surface area is 120 Å². The average molecular weight is 273 g/mol. The fraction of sp³-hybridized carbons (Fsp3) is 0.588. The van der Waals surface area contributed by atoms with Gasteiger partial charge in [-0.15, -0.1) is 0 Å². The molecule has 3 nitrogen and oxygen atoms in total. The summed E-state index contributed by atoms with van der Waals surface area (Å²) in [4.78, 5) is 14.1. The van der Waals surface area contributed by atoms with Crippen LogP contribution in [0.5, 0.6) is 0 Å². The molecule has 0 amide bonds. The second-order valence-electron chi connectivity index (χ2n) is 6.32. The number of methoxy groups -OCH3 is 1. The van der Waals surface area contributed by atoms with Crippen LogP contribution < -0.4 is 4.90 Å². The number of anilines is 1. The minimum Gasteiger partial charge on any atom is -0.465 e. The number of hydrogen-bond donors (Lipinski definition) is 0. The lowest BCUT2D eigenvalue weighted by Crippen LogP contribution is -2.29. The van der Waals surface area contributed by atoms with Crippen molar-refractivity contribution in [2.75, 3.05) is 25.6 Å². The lowest BCUT2D eigenvalue weighted by Gasteiger charge is -2.29. The van der Waals surface area contributed by atoms with Crippen molar-refractivity contribution in [2.24, 2.45) is 17.8 Å². The summed E-state index contributed by atoms with van der Waals surface area (Å²) in [6.45, 7) is 1.05. The van der Waals surface area contributed by atoms with E-state index in [9.17, 15) is 4.79 Å². The lowest BCUT2D eigenvalue weighted by atomic mass is 9.88. The Morgan fingerprint density at radius 2 is 2.10 bits per heavy atom. The van der Waals surface area contributed by atoms with Gasteiger partial charge in [0.05, 0.1) is 18.4 Å². The van der Waals surface area contributed by atoms with Gasteiger partial charge < -0.3 is 9.64 Å². The fourth-order valence-electron chi connectivity index (χ4n) is 4.14. The third kappa shape index (κ3) is 2.41. The number of carbonyl (C=O) groups excluding carboxylic acids is 1. The minimum absolute atomic E-state index is 0.250. The first-order chi connectivity index (χ1) is 9.69. The Balaban J connectivity index is 1.74. The first-order valence-corrected chi connectivity index (χ1v) is 7.57. The van der Waals surface area contributed by atoms with E-state index in [1.807, 2.05) is 24.3 Å². The molecule has 0 N–H and O–H groups in total. The molecule has 2 aliphatic carbocycles. The molecule has 2 aliphatic rings. The highest BCUT2D eigenvalue weighted by atomic mass is 16.5. The van der Waals surface area contributed by atoms with Crippen molar-refractivity contribution >= 4 is 11.7 Å². The van der Waals surface area contributed by atoms with E-state index in [0.29, 0.717) is 5.56 Å². The van der Waals surface area contributed by atoms with Crippen molar-refractivity contribution in [2.45, 2.75) is 25.7 Å². The predicted octanol–water partition coefficient (Wildman–Crippen LogP) is 3.35. The van der Waals surface area contributed by atoms with Crippen molar-refractivity contribution in [3.63, 3.8) is 0 Å². The van der Waals surface area contributed by atoms with E-state index >= 15 is 0 Å². The number of nitrogens with zero attached hydrogens (tertiary/aromatic N) is 1. The van der Waals surface area contributed by atoms with Crippen LogP contribution in [0.2, 0.25) is 0 Å². The molecule has 1 aromatic carbocycles. The van der Waals surface area contributed by atoms with Crippen LogP contribution in [0, 0.1) is 17.8 Å². The smallest absolute Gasteiger partial charge is 0.339 e. The Hall–Kier alpha value is -1.51. The summed E-state index contributed by atoms with van der Waals surface area (Å²) in [5, 5.41) is 0. The molecular formula is C17H23NO2. The Bertz CT molecular complexity index is 500. The van der Waals surface area contributed by atoms with E-state index in [-0.39, 0.29) is 5.97 Å². The van der Waals surface area contributed by atoms with Gasteiger partial charge in [0.1, 0.15) is 0 Å². The van der Waals surface area contributed by atoms with Gasteiger partial charge in [-0.3, -0.25) is 0 Å². The first-order valence-electron chi connectivity index (χ1n) is 7.57. The Morgan fingerprint density at radius 1 is 1.30 bits per heavy atom. The zero-order chi connectivity index (χ0) is 14.1. The van der Waals surface area contributed by atoms with Crippen LogP contribution >= 0.6 is 0 Å². The number of carbonyl (C=O) groups is 1. The summed E-state index contributed by atoms with van der Waals surface area (Å²) in [6, 6.07) is 7.73. The second kappa shape index (κ2) is 5.47. The summed E-state index contributed by atoms with van der Waals surface area (Å²) >= 11 is 0. The number of para-hydroxylation sites is 1. The normalized spacial score (nSPS) is 27.6. The molecule has 2 saturated carbocycles. The number of rotatable bonds is 4. The van der Waals surface area contributed by atoms with Gasteiger partial charge in [0.25, 0.3) is 0 Å². The Morgan fingerprint density at radius 3 is 2.75 bits per heavy atom. The maximum atomic E-state index is 11.9. The van der Waals surface area contributed by atoms with Gasteiger partial charge in [0, 0.05) is 13.6 Å². The van der Waals surface area contributed by atoms with Crippen LogP contribution in [0.4, 0.5) is 5.69 Å². The SMILES string of the molecule is COC(=O)c1ccccc1N(C)CC1CC2CCC1C2. The zero-order valence-corrected chi connectivity index (χ0v) is 12.3. The molecule has 3 rings (SSSR count). The highest BCUT2D eigenvalue weighted by Gasteiger charge is 2.39. The largest absolute Gasteiger partial charge is 0.465 e. The molecular weight excluding hydrogens is 250 g/mol. The molecule has 0 heterocycles. The summed E-state index contributed by atoms with van der Waals surface area (Å²) in [7, 11) is 3.53. The van der Waals surface area contributed by atoms with Crippen molar-refractivity contribution < 1.29 is 9.53 Å². The third-order valence-corrected chi connectivity index (χ3v) is 5.11. The van der Waals surface area contributed by atoms with Crippen LogP contribution in [-0.2, 0) is 4.74 Å².